The summed E-state index contributed by atoms with van der Waals surface area (Å²) >= 11 is 0. The van der Waals surface area contributed by atoms with E-state index in [2.05, 4.69) is 13.5 Å². The van der Waals surface area contributed by atoms with E-state index in [1.165, 1.54) is 32.1 Å². The fourth-order valence-electron chi connectivity index (χ4n) is 4.43. The highest BCUT2D eigenvalue weighted by Gasteiger charge is 2.58. The fourth-order valence-corrected chi connectivity index (χ4v) is 4.43. The van der Waals surface area contributed by atoms with Crippen LogP contribution in [0.15, 0.2) is 12.2 Å². The zero-order chi connectivity index (χ0) is 12.3. The molecule has 0 amide bonds. The number of esters is 1. The molecule has 4 fully saturated rings. The summed E-state index contributed by atoms with van der Waals surface area (Å²) in [6, 6.07) is 0. The van der Waals surface area contributed by atoms with Gasteiger partial charge in [-0.05, 0) is 69.6 Å². The molecule has 0 radical (unpaired) electrons. The monoisotopic (exact) mass is 234 g/mol. The van der Waals surface area contributed by atoms with Crippen molar-refractivity contribution in [3.63, 3.8) is 0 Å². The zero-order valence-electron chi connectivity index (χ0n) is 10.9. The van der Waals surface area contributed by atoms with Gasteiger partial charge in [-0.1, -0.05) is 6.58 Å². The van der Waals surface area contributed by atoms with Crippen molar-refractivity contribution in [1.82, 2.24) is 0 Å². The summed E-state index contributed by atoms with van der Waals surface area (Å²) in [5, 5.41) is 0. The van der Waals surface area contributed by atoms with Gasteiger partial charge in [0.15, 0.2) is 0 Å². The minimum atomic E-state index is -0.224. The van der Waals surface area contributed by atoms with Gasteiger partial charge in [0, 0.05) is 5.57 Å². The molecule has 2 nitrogen and oxygen atoms in total. The third-order valence-electron chi connectivity index (χ3n) is 5.43. The van der Waals surface area contributed by atoms with Gasteiger partial charge < -0.3 is 4.74 Å². The second-order valence-electron chi connectivity index (χ2n) is 6.89. The normalized spacial score (nSPS) is 46.9. The van der Waals surface area contributed by atoms with Crippen LogP contribution in [0.1, 0.15) is 52.4 Å². The van der Waals surface area contributed by atoms with Gasteiger partial charge >= 0.3 is 5.97 Å². The lowest BCUT2D eigenvalue weighted by atomic mass is 9.44. The topological polar surface area (TPSA) is 26.3 Å². The lowest BCUT2D eigenvalue weighted by molar-refractivity contribution is -0.194. The van der Waals surface area contributed by atoms with E-state index in [0.717, 1.165) is 12.3 Å². The summed E-state index contributed by atoms with van der Waals surface area (Å²) in [5.41, 5.74) is 0.939. The number of rotatable bonds is 2. The molecule has 0 aromatic carbocycles. The molecule has 1 unspecified atom stereocenters. The minimum Gasteiger partial charge on any atom is -0.456 e. The van der Waals surface area contributed by atoms with Crippen LogP contribution < -0.4 is 0 Å². The Morgan fingerprint density at radius 1 is 1.29 bits per heavy atom. The molecular weight excluding hydrogens is 212 g/mol. The molecule has 2 heteroatoms. The van der Waals surface area contributed by atoms with Crippen LogP contribution in [-0.2, 0) is 9.53 Å². The Morgan fingerprint density at radius 3 is 2.65 bits per heavy atom. The largest absolute Gasteiger partial charge is 0.456 e. The fraction of sp³-hybridized carbons (Fsp3) is 0.800. The molecule has 17 heavy (non-hydrogen) atoms. The van der Waals surface area contributed by atoms with Crippen LogP contribution in [0.4, 0.5) is 0 Å². The first-order valence-electron chi connectivity index (χ1n) is 6.81. The third-order valence-corrected chi connectivity index (χ3v) is 5.43. The first-order chi connectivity index (χ1) is 7.92. The van der Waals surface area contributed by atoms with Gasteiger partial charge in [0.25, 0.3) is 0 Å². The first kappa shape index (κ1) is 11.3. The van der Waals surface area contributed by atoms with Crippen molar-refractivity contribution in [2.75, 3.05) is 0 Å². The Bertz CT molecular complexity index is 378. The maximum atomic E-state index is 11.7. The van der Waals surface area contributed by atoms with Crippen molar-refractivity contribution in [3.8, 4) is 0 Å². The van der Waals surface area contributed by atoms with Crippen LogP contribution in [0.25, 0.3) is 0 Å². The summed E-state index contributed by atoms with van der Waals surface area (Å²) in [6.07, 6.45) is 7.72. The van der Waals surface area contributed by atoms with Gasteiger partial charge in [-0.25, -0.2) is 4.79 Å². The van der Waals surface area contributed by atoms with E-state index in [-0.39, 0.29) is 11.6 Å². The van der Waals surface area contributed by atoms with Gasteiger partial charge in [0.2, 0.25) is 0 Å². The van der Waals surface area contributed by atoms with E-state index in [0.29, 0.717) is 16.9 Å². The number of hydrogen-bond donors (Lipinski definition) is 0. The Balaban J connectivity index is 1.75. The summed E-state index contributed by atoms with van der Waals surface area (Å²) in [4.78, 5) is 11.7. The summed E-state index contributed by atoms with van der Waals surface area (Å²) in [5.74, 6) is 1.30. The molecule has 2 atom stereocenters. The highest BCUT2D eigenvalue weighted by Crippen LogP contribution is 2.66. The predicted molar refractivity (Wildman–Crippen MR) is 66.4 cm³/mol. The van der Waals surface area contributed by atoms with E-state index in [9.17, 15) is 4.79 Å². The van der Waals surface area contributed by atoms with Gasteiger partial charge in [0.05, 0.1) is 0 Å². The highest BCUT2D eigenvalue weighted by molar-refractivity contribution is 5.87. The van der Waals surface area contributed by atoms with Gasteiger partial charge in [-0.2, -0.15) is 0 Å². The van der Waals surface area contributed by atoms with E-state index >= 15 is 0 Å². The van der Waals surface area contributed by atoms with Gasteiger partial charge in [-0.3, -0.25) is 0 Å². The van der Waals surface area contributed by atoms with Crippen molar-refractivity contribution in [3.05, 3.63) is 12.2 Å². The van der Waals surface area contributed by atoms with Crippen LogP contribution in [0.2, 0.25) is 0 Å². The van der Waals surface area contributed by atoms with Crippen LogP contribution in [0.3, 0.4) is 0 Å². The molecule has 1 spiro atoms. The van der Waals surface area contributed by atoms with Crippen LogP contribution >= 0.6 is 0 Å². The average molecular weight is 234 g/mol. The minimum absolute atomic E-state index is 0.206. The molecule has 0 saturated heterocycles. The van der Waals surface area contributed by atoms with E-state index < -0.39 is 0 Å². The number of carbonyl (C=O) groups is 1. The Labute approximate surface area is 103 Å². The number of ether oxygens (including phenoxy) is 1. The lowest BCUT2D eigenvalue weighted by Crippen LogP contribution is -2.57. The summed E-state index contributed by atoms with van der Waals surface area (Å²) < 4.78 is 5.75. The van der Waals surface area contributed by atoms with Crippen molar-refractivity contribution < 1.29 is 9.53 Å². The van der Waals surface area contributed by atoms with Crippen LogP contribution in [-0.4, -0.2) is 11.6 Å². The molecule has 0 N–H and O–H groups in total. The molecule has 4 saturated carbocycles. The predicted octanol–water partition coefficient (Wildman–Crippen LogP) is 3.46. The maximum Gasteiger partial charge on any atom is 0.333 e. The van der Waals surface area contributed by atoms with E-state index in [4.69, 9.17) is 4.74 Å². The quantitative estimate of drug-likeness (QED) is 0.540. The molecule has 4 aliphatic carbocycles. The second-order valence-corrected chi connectivity index (χ2v) is 6.89. The number of hydrogen-bond acceptors (Lipinski definition) is 2. The molecule has 0 aromatic heterocycles. The molecule has 3 bridgehead atoms. The summed E-state index contributed by atoms with van der Waals surface area (Å²) in [6.45, 7) is 7.54. The van der Waals surface area contributed by atoms with Gasteiger partial charge in [0.1, 0.15) is 5.60 Å². The van der Waals surface area contributed by atoms with Crippen molar-refractivity contribution in [2.24, 2.45) is 17.3 Å². The zero-order valence-corrected chi connectivity index (χ0v) is 10.9. The highest BCUT2D eigenvalue weighted by atomic mass is 16.6. The van der Waals surface area contributed by atoms with E-state index in [1.54, 1.807) is 6.92 Å². The van der Waals surface area contributed by atoms with Gasteiger partial charge in [-0.15, -0.1) is 0 Å². The molecule has 0 aliphatic heterocycles. The number of carbonyl (C=O) groups excluding carboxylic acids is 1. The molecule has 94 valence electrons. The Hall–Kier alpha value is -0.790. The lowest BCUT2D eigenvalue weighted by Gasteiger charge is -2.62. The van der Waals surface area contributed by atoms with Crippen molar-refractivity contribution in [2.45, 2.75) is 58.0 Å². The standard InChI is InChI=1S/C15H22O2/c1-10(2)13(16)17-14(3)4-5-15-7-11(8-15)6-12(14)9-15/h11-12H,1,4-9H2,2-3H3/t11?,12?,14-,15?/m1/s1. The van der Waals surface area contributed by atoms with E-state index in [1.807, 2.05) is 0 Å². The first-order valence-corrected chi connectivity index (χ1v) is 6.81. The van der Waals surface area contributed by atoms with Crippen molar-refractivity contribution in [1.29, 1.82) is 0 Å². The maximum absolute atomic E-state index is 11.7. The molecule has 4 rings (SSSR count). The van der Waals surface area contributed by atoms with Crippen LogP contribution in [0, 0.1) is 17.3 Å². The Kier molecular flexibility index (Phi) is 2.24. The van der Waals surface area contributed by atoms with Crippen molar-refractivity contribution >= 4 is 5.97 Å². The molecule has 0 heterocycles. The van der Waals surface area contributed by atoms with Crippen LogP contribution in [0.5, 0.6) is 0 Å². The SMILES string of the molecule is C=C(C)C(=O)O[C@]1(C)CCC23CC(CC1C2)C3. The molecule has 0 aromatic rings. The Morgan fingerprint density at radius 2 is 2.00 bits per heavy atom. The second kappa shape index (κ2) is 3.37. The smallest absolute Gasteiger partial charge is 0.333 e. The third kappa shape index (κ3) is 1.64. The average Bonchev–Trinajstić information content (AvgIpc) is 2.24. The summed E-state index contributed by atoms with van der Waals surface area (Å²) in [7, 11) is 0. The molecule has 4 aliphatic rings. The molecular formula is C15H22O2.